The van der Waals surface area contributed by atoms with Crippen LogP contribution >= 0.6 is 0 Å². The van der Waals surface area contributed by atoms with Crippen molar-refractivity contribution in [3.8, 4) is 28.4 Å². The summed E-state index contributed by atoms with van der Waals surface area (Å²) in [4.78, 5) is 0. The van der Waals surface area contributed by atoms with Gasteiger partial charge in [0.2, 0.25) is 0 Å². The SMILES string of the molecule is Cc1c(O)cc(O)c(-c2ccc(O)cc2)c1C. The first-order valence-electron chi connectivity index (χ1n) is 5.32. The van der Waals surface area contributed by atoms with Gasteiger partial charge in [0.1, 0.15) is 17.2 Å². The molecule has 3 N–H and O–H groups in total. The minimum absolute atomic E-state index is 0.0382. The first-order chi connectivity index (χ1) is 8.00. The number of benzene rings is 2. The van der Waals surface area contributed by atoms with Crippen molar-refractivity contribution in [3.63, 3.8) is 0 Å². The van der Waals surface area contributed by atoms with E-state index in [2.05, 4.69) is 0 Å². The van der Waals surface area contributed by atoms with E-state index < -0.39 is 0 Å². The van der Waals surface area contributed by atoms with Crippen LogP contribution in [0.2, 0.25) is 0 Å². The van der Waals surface area contributed by atoms with Crippen molar-refractivity contribution in [3.05, 3.63) is 41.5 Å². The summed E-state index contributed by atoms with van der Waals surface area (Å²) >= 11 is 0. The summed E-state index contributed by atoms with van der Waals surface area (Å²) < 4.78 is 0. The fourth-order valence-electron chi connectivity index (χ4n) is 1.87. The van der Waals surface area contributed by atoms with Crippen LogP contribution in [-0.2, 0) is 0 Å². The van der Waals surface area contributed by atoms with Crippen molar-refractivity contribution >= 4 is 0 Å². The topological polar surface area (TPSA) is 60.7 Å². The molecule has 0 spiro atoms. The fourth-order valence-corrected chi connectivity index (χ4v) is 1.87. The van der Waals surface area contributed by atoms with Crippen LogP contribution in [0.25, 0.3) is 11.1 Å². The lowest BCUT2D eigenvalue weighted by Crippen LogP contribution is -1.89. The molecule has 0 aliphatic carbocycles. The van der Waals surface area contributed by atoms with E-state index in [4.69, 9.17) is 0 Å². The van der Waals surface area contributed by atoms with Gasteiger partial charge in [0.15, 0.2) is 0 Å². The first-order valence-corrected chi connectivity index (χ1v) is 5.32. The maximum absolute atomic E-state index is 9.90. The van der Waals surface area contributed by atoms with Crippen molar-refractivity contribution in [1.82, 2.24) is 0 Å². The third-order valence-corrected chi connectivity index (χ3v) is 3.01. The number of phenols is 3. The Morgan fingerprint density at radius 2 is 1.35 bits per heavy atom. The lowest BCUT2D eigenvalue weighted by molar-refractivity contribution is 0.448. The van der Waals surface area contributed by atoms with Crippen molar-refractivity contribution in [2.24, 2.45) is 0 Å². The second-order valence-electron chi connectivity index (χ2n) is 4.09. The van der Waals surface area contributed by atoms with Crippen molar-refractivity contribution in [2.45, 2.75) is 13.8 Å². The zero-order valence-electron chi connectivity index (χ0n) is 9.73. The first kappa shape index (κ1) is 11.3. The largest absolute Gasteiger partial charge is 0.508 e. The van der Waals surface area contributed by atoms with Crippen LogP contribution < -0.4 is 0 Å². The predicted molar refractivity (Wildman–Crippen MR) is 66.3 cm³/mol. The Morgan fingerprint density at radius 3 is 1.94 bits per heavy atom. The highest BCUT2D eigenvalue weighted by Gasteiger charge is 2.13. The molecular weight excluding hydrogens is 216 g/mol. The molecule has 0 fully saturated rings. The molecule has 0 atom stereocenters. The van der Waals surface area contributed by atoms with Crippen LogP contribution in [0.15, 0.2) is 30.3 Å². The summed E-state index contributed by atoms with van der Waals surface area (Å²) in [5, 5.41) is 28.7. The maximum atomic E-state index is 9.90. The van der Waals surface area contributed by atoms with Gasteiger partial charge in [-0.1, -0.05) is 12.1 Å². The molecular formula is C14H14O3. The number of hydrogen-bond donors (Lipinski definition) is 3. The van der Waals surface area contributed by atoms with E-state index in [-0.39, 0.29) is 17.2 Å². The van der Waals surface area contributed by atoms with Crippen molar-refractivity contribution < 1.29 is 15.3 Å². The second kappa shape index (κ2) is 4.01. The number of rotatable bonds is 1. The second-order valence-corrected chi connectivity index (χ2v) is 4.09. The van der Waals surface area contributed by atoms with E-state index in [0.717, 1.165) is 16.7 Å². The highest BCUT2D eigenvalue weighted by Crippen LogP contribution is 2.38. The molecule has 0 heterocycles. The van der Waals surface area contributed by atoms with Crippen LogP contribution in [0, 0.1) is 13.8 Å². The quantitative estimate of drug-likeness (QED) is 0.705. The molecule has 0 saturated carbocycles. The Bertz CT molecular complexity index is 557. The molecule has 0 saturated heterocycles. The standard InChI is InChI=1S/C14H14O3/c1-8-9(2)14(13(17)7-12(8)16)10-3-5-11(15)6-4-10/h3-7,15-17H,1-2H3. The molecule has 0 amide bonds. The lowest BCUT2D eigenvalue weighted by atomic mass is 9.95. The molecule has 2 aromatic carbocycles. The molecule has 0 aliphatic heterocycles. The fraction of sp³-hybridized carbons (Fsp3) is 0.143. The molecule has 17 heavy (non-hydrogen) atoms. The number of hydrogen-bond acceptors (Lipinski definition) is 3. The smallest absolute Gasteiger partial charge is 0.127 e. The number of aromatic hydroxyl groups is 3. The van der Waals surface area contributed by atoms with Gasteiger partial charge in [0.25, 0.3) is 0 Å². The van der Waals surface area contributed by atoms with Crippen LogP contribution in [-0.4, -0.2) is 15.3 Å². The third-order valence-electron chi connectivity index (χ3n) is 3.01. The molecule has 0 radical (unpaired) electrons. The van der Waals surface area contributed by atoms with E-state index in [9.17, 15) is 15.3 Å². The Labute approximate surface area is 99.6 Å². The molecule has 3 nitrogen and oxygen atoms in total. The van der Waals surface area contributed by atoms with Crippen LogP contribution in [0.4, 0.5) is 0 Å². The van der Waals surface area contributed by atoms with E-state index in [1.807, 2.05) is 6.92 Å². The van der Waals surface area contributed by atoms with E-state index in [1.165, 1.54) is 6.07 Å². The van der Waals surface area contributed by atoms with Gasteiger partial charge in [-0.3, -0.25) is 0 Å². The highest BCUT2D eigenvalue weighted by atomic mass is 16.3. The minimum atomic E-state index is 0.0382. The molecule has 0 aromatic heterocycles. The van der Waals surface area contributed by atoms with Gasteiger partial charge in [-0.2, -0.15) is 0 Å². The van der Waals surface area contributed by atoms with Gasteiger partial charge in [0.05, 0.1) is 0 Å². The summed E-state index contributed by atoms with van der Waals surface area (Å²) in [5.74, 6) is 0.306. The van der Waals surface area contributed by atoms with Gasteiger partial charge in [-0.25, -0.2) is 0 Å². The molecule has 2 rings (SSSR count). The van der Waals surface area contributed by atoms with Crippen molar-refractivity contribution in [1.29, 1.82) is 0 Å². The summed E-state index contributed by atoms with van der Waals surface area (Å²) in [6.07, 6.45) is 0. The molecule has 88 valence electrons. The number of phenolic OH excluding ortho intramolecular Hbond substituents is 3. The Hall–Kier alpha value is -2.16. The van der Waals surface area contributed by atoms with Gasteiger partial charge in [-0.15, -0.1) is 0 Å². The highest BCUT2D eigenvalue weighted by molar-refractivity contribution is 5.76. The monoisotopic (exact) mass is 230 g/mol. The van der Waals surface area contributed by atoms with E-state index >= 15 is 0 Å². The minimum Gasteiger partial charge on any atom is -0.508 e. The van der Waals surface area contributed by atoms with Crippen LogP contribution in [0.5, 0.6) is 17.2 Å². The lowest BCUT2D eigenvalue weighted by Gasteiger charge is -2.13. The average Bonchev–Trinajstić information content (AvgIpc) is 2.29. The summed E-state index contributed by atoms with van der Waals surface area (Å²) in [6, 6.07) is 7.93. The van der Waals surface area contributed by atoms with E-state index in [0.29, 0.717) is 5.56 Å². The van der Waals surface area contributed by atoms with Gasteiger partial charge < -0.3 is 15.3 Å². The van der Waals surface area contributed by atoms with Crippen LogP contribution in [0.1, 0.15) is 11.1 Å². The molecule has 0 bridgehead atoms. The molecule has 0 unspecified atom stereocenters. The summed E-state index contributed by atoms with van der Waals surface area (Å²) in [6.45, 7) is 3.64. The molecule has 2 aromatic rings. The Balaban J connectivity index is 2.67. The van der Waals surface area contributed by atoms with Gasteiger partial charge in [0, 0.05) is 11.6 Å². The Morgan fingerprint density at radius 1 is 0.765 bits per heavy atom. The van der Waals surface area contributed by atoms with Gasteiger partial charge in [-0.05, 0) is 42.7 Å². The van der Waals surface area contributed by atoms with E-state index in [1.54, 1.807) is 31.2 Å². The summed E-state index contributed by atoms with van der Waals surface area (Å²) in [5.41, 5.74) is 3.06. The zero-order chi connectivity index (χ0) is 12.6. The van der Waals surface area contributed by atoms with Gasteiger partial charge >= 0.3 is 0 Å². The third kappa shape index (κ3) is 1.91. The zero-order valence-corrected chi connectivity index (χ0v) is 9.73. The normalized spacial score (nSPS) is 10.5. The Kier molecular flexibility index (Phi) is 2.68. The average molecular weight is 230 g/mol. The predicted octanol–water partition coefficient (Wildman–Crippen LogP) is 3.09. The molecule has 3 heteroatoms. The van der Waals surface area contributed by atoms with Crippen LogP contribution in [0.3, 0.4) is 0 Å². The van der Waals surface area contributed by atoms with Crippen molar-refractivity contribution in [2.75, 3.05) is 0 Å². The summed E-state index contributed by atoms with van der Waals surface area (Å²) in [7, 11) is 0. The molecule has 0 aliphatic rings. The maximum Gasteiger partial charge on any atom is 0.127 e.